The number of benzene rings is 1. The lowest BCUT2D eigenvalue weighted by molar-refractivity contribution is -0.132. The molecule has 27 heavy (non-hydrogen) atoms. The summed E-state index contributed by atoms with van der Waals surface area (Å²) in [5, 5.41) is 0. The number of hydrogen-bond donors (Lipinski definition) is 0. The van der Waals surface area contributed by atoms with Crippen LogP contribution in [0.3, 0.4) is 0 Å². The Morgan fingerprint density at radius 2 is 1.78 bits per heavy atom. The van der Waals surface area contributed by atoms with Gasteiger partial charge in [0.25, 0.3) is 0 Å². The molecule has 2 aromatic rings. The van der Waals surface area contributed by atoms with Crippen LogP contribution in [0.4, 0.5) is 0 Å². The van der Waals surface area contributed by atoms with Crippen LogP contribution >= 0.6 is 0 Å². The number of carbonyl (C=O) groups is 2. The van der Waals surface area contributed by atoms with E-state index in [2.05, 4.69) is 16.0 Å². The van der Waals surface area contributed by atoms with Crippen molar-refractivity contribution in [2.75, 3.05) is 26.2 Å². The summed E-state index contributed by atoms with van der Waals surface area (Å²) in [6.45, 7) is 8.04. The van der Waals surface area contributed by atoms with Crippen molar-refractivity contribution in [2.45, 2.75) is 33.2 Å². The van der Waals surface area contributed by atoms with Gasteiger partial charge in [0.2, 0.25) is 5.91 Å². The fraction of sp³-hybridized carbons (Fsp3) is 0.409. The lowest BCUT2D eigenvalue weighted by Crippen LogP contribution is -2.48. The number of aryl methyl sites for hydroxylation is 2. The summed E-state index contributed by atoms with van der Waals surface area (Å²) in [6, 6.07) is 9.75. The van der Waals surface area contributed by atoms with E-state index in [4.69, 9.17) is 0 Å². The van der Waals surface area contributed by atoms with Gasteiger partial charge >= 0.3 is 0 Å². The van der Waals surface area contributed by atoms with E-state index in [0.29, 0.717) is 5.56 Å². The van der Waals surface area contributed by atoms with Gasteiger partial charge in [0.1, 0.15) is 0 Å². The Kier molecular flexibility index (Phi) is 6.35. The summed E-state index contributed by atoms with van der Waals surface area (Å²) in [6.07, 6.45) is 4.22. The van der Waals surface area contributed by atoms with Gasteiger partial charge in [-0.2, -0.15) is 0 Å². The van der Waals surface area contributed by atoms with Gasteiger partial charge in [0.05, 0.1) is 0 Å². The molecule has 1 aromatic heterocycles. The smallest absolute Gasteiger partial charge is 0.223 e. The van der Waals surface area contributed by atoms with Gasteiger partial charge in [-0.3, -0.25) is 19.5 Å². The highest BCUT2D eigenvalue weighted by Gasteiger charge is 2.21. The molecule has 1 saturated heterocycles. The molecule has 0 radical (unpaired) electrons. The van der Waals surface area contributed by atoms with Crippen LogP contribution in [0, 0.1) is 13.8 Å². The Morgan fingerprint density at radius 1 is 1.00 bits per heavy atom. The van der Waals surface area contributed by atoms with E-state index in [9.17, 15) is 9.59 Å². The molecule has 5 nitrogen and oxygen atoms in total. The molecular weight excluding hydrogens is 338 g/mol. The number of carbonyl (C=O) groups excluding carboxylic acids is 2. The van der Waals surface area contributed by atoms with E-state index in [1.807, 2.05) is 49.2 Å². The number of nitrogens with zero attached hydrogens (tertiary/aromatic N) is 3. The first-order valence-electron chi connectivity index (χ1n) is 9.52. The summed E-state index contributed by atoms with van der Waals surface area (Å²) in [5.41, 5.74) is 4.17. The third kappa shape index (κ3) is 5.23. The first-order chi connectivity index (χ1) is 13.0. The zero-order chi connectivity index (χ0) is 19.2. The van der Waals surface area contributed by atoms with Crippen LogP contribution in [-0.2, 0) is 11.3 Å². The SMILES string of the molecule is Cc1ccc(C(=O)CCC(=O)N2CCN(Cc3cccnc3)CC2)cc1C. The van der Waals surface area contributed by atoms with Gasteiger partial charge < -0.3 is 4.90 Å². The molecule has 3 rings (SSSR count). The zero-order valence-corrected chi connectivity index (χ0v) is 16.1. The monoisotopic (exact) mass is 365 g/mol. The number of hydrogen-bond acceptors (Lipinski definition) is 4. The summed E-state index contributed by atoms with van der Waals surface area (Å²) >= 11 is 0. The van der Waals surface area contributed by atoms with Gasteiger partial charge in [0.15, 0.2) is 5.78 Å². The second-order valence-electron chi connectivity index (χ2n) is 7.24. The van der Waals surface area contributed by atoms with E-state index < -0.39 is 0 Å². The van der Waals surface area contributed by atoms with Crippen LogP contribution in [0.5, 0.6) is 0 Å². The topological polar surface area (TPSA) is 53.5 Å². The first kappa shape index (κ1) is 19.2. The van der Waals surface area contributed by atoms with E-state index >= 15 is 0 Å². The van der Waals surface area contributed by atoms with Crippen molar-refractivity contribution in [3.63, 3.8) is 0 Å². The molecule has 142 valence electrons. The average Bonchev–Trinajstić information content (AvgIpc) is 2.69. The predicted octanol–water partition coefficient (Wildman–Crippen LogP) is 3.01. The summed E-state index contributed by atoms with van der Waals surface area (Å²) in [4.78, 5) is 33.2. The van der Waals surface area contributed by atoms with Gasteiger partial charge in [-0.15, -0.1) is 0 Å². The Balaban J connectivity index is 1.44. The molecule has 0 N–H and O–H groups in total. The first-order valence-corrected chi connectivity index (χ1v) is 9.52. The van der Waals surface area contributed by atoms with Crippen LogP contribution in [0.2, 0.25) is 0 Å². The molecule has 1 aliphatic heterocycles. The number of amides is 1. The fourth-order valence-electron chi connectivity index (χ4n) is 3.34. The number of piperazine rings is 1. The molecule has 0 unspecified atom stereocenters. The van der Waals surface area contributed by atoms with E-state index in [0.717, 1.165) is 38.3 Å². The quantitative estimate of drug-likeness (QED) is 0.739. The third-order valence-corrected chi connectivity index (χ3v) is 5.25. The lowest BCUT2D eigenvalue weighted by atomic mass is 10.0. The van der Waals surface area contributed by atoms with Gasteiger partial charge in [-0.25, -0.2) is 0 Å². The normalized spacial score (nSPS) is 15.0. The molecular formula is C22H27N3O2. The lowest BCUT2D eigenvalue weighted by Gasteiger charge is -2.34. The van der Waals surface area contributed by atoms with Crippen molar-refractivity contribution in [2.24, 2.45) is 0 Å². The zero-order valence-electron chi connectivity index (χ0n) is 16.1. The maximum atomic E-state index is 12.5. The number of ketones is 1. The van der Waals surface area contributed by atoms with Crippen LogP contribution in [0.25, 0.3) is 0 Å². The van der Waals surface area contributed by atoms with E-state index in [1.165, 1.54) is 11.1 Å². The average molecular weight is 365 g/mol. The van der Waals surface area contributed by atoms with Crippen LogP contribution < -0.4 is 0 Å². The second-order valence-corrected chi connectivity index (χ2v) is 7.24. The molecule has 0 saturated carbocycles. The summed E-state index contributed by atoms with van der Waals surface area (Å²) in [5.74, 6) is 0.120. The van der Waals surface area contributed by atoms with E-state index in [-0.39, 0.29) is 24.5 Å². The number of pyridine rings is 1. The number of aromatic nitrogens is 1. The molecule has 1 amide bonds. The van der Waals surface area contributed by atoms with Crippen molar-refractivity contribution in [1.29, 1.82) is 0 Å². The minimum atomic E-state index is 0.0432. The molecule has 1 fully saturated rings. The molecule has 1 aromatic carbocycles. The van der Waals surface area contributed by atoms with Crippen molar-refractivity contribution in [3.05, 3.63) is 65.0 Å². The third-order valence-electron chi connectivity index (χ3n) is 5.25. The highest BCUT2D eigenvalue weighted by atomic mass is 16.2. The molecule has 0 aliphatic carbocycles. The molecule has 5 heteroatoms. The predicted molar refractivity (Wildman–Crippen MR) is 106 cm³/mol. The van der Waals surface area contributed by atoms with Crippen molar-refractivity contribution >= 4 is 11.7 Å². The van der Waals surface area contributed by atoms with Crippen molar-refractivity contribution < 1.29 is 9.59 Å². The minimum Gasteiger partial charge on any atom is -0.340 e. The van der Waals surface area contributed by atoms with Gasteiger partial charge in [-0.1, -0.05) is 18.2 Å². The molecule has 0 bridgehead atoms. The molecule has 0 atom stereocenters. The number of Topliss-reactive ketones (excluding diaryl/α,β-unsaturated/α-hetero) is 1. The van der Waals surface area contributed by atoms with Crippen LogP contribution in [0.15, 0.2) is 42.7 Å². The molecule has 0 spiro atoms. The minimum absolute atomic E-state index is 0.0432. The summed E-state index contributed by atoms with van der Waals surface area (Å²) < 4.78 is 0. The second kappa shape index (κ2) is 8.91. The van der Waals surface area contributed by atoms with Gasteiger partial charge in [0, 0.05) is 63.5 Å². The van der Waals surface area contributed by atoms with Crippen LogP contribution in [0.1, 0.15) is 39.9 Å². The fourth-order valence-corrected chi connectivity index (χ4v) is 3.34. The highest BCUT2D eigenvalue weighted by Crippen LogP contribution is 2.14. The maximum absolute atomic E-state index is 12.5. The van der Waals surface area contributed by atoms with Gasteiger partial charge in [-0.05, 0) is 42.7 Å². The van der Waals surface area contributed by atoms with Crippen LogP contribution in [-0.4, -0.2) is 52.7 Å². The maximum Gasteiger partial charge on any atom is 0.223 e. The van der Waals surface area contributed by atoms with Crippen molar-refractivity contribution in [3.8, 4) is 0 Å². The van der Waals surface area contributed by atoms with Crippen molar-refractivity contribution in [1.82, 2.24) is 14.8 Å². The van der Waals surface area contributed by atoms with E-state index in [1.54, 1.807) is 6.20 Å². The Labute approximate surface area is 161 Å². The standard InChI is InChI=1S/C22H27N3O2/c1-17-5-6-20(14-18(17)2)21(26)7-8-22(27)25-12-10-24(11-13-25)16-19-4-3-9-23-15-19/h3-6,9,14-15H,7-8,10-13,16H2,1-2H3. The summed E-state index contributed by atoms with van der Waals surface area (Å²) in [7, 11) is 0. The number of rotatable bonds is 6. The largest absolute Gasteiger partial charge is 0.340 e. The molecule has 1 aliphatic rings. The molecule has 2 heterocycles. The highest BCUT2D eigenvalue weighted by molar-refractivity contribution is 5.98. The Bertz CT molecular complexity index is 796. The Hall–Kier alpha value is -2.53. The Morgan fingerprint density at radius 3 is 2.44 bits per heavy atom.